The molecule has 1 aromatic rings. The number of aryl methyl sites for hydroxylation is 1. The van der Waals surface area contributed by atoms with Crippen LogP contribution in [0.2, 0.25) is 0 Å². The van der Waals surface area contributed by atoms with E-state index in [1.807, 2.05) is 13.8 Å². The number of carboxylic acid groups (broad SMARTS) is 1. The number of halogens is 3. The van der Waals surface area contributed by atoms with Crippen molar-refractivity contribution >= 4 is 11.9 Å². The fourth-order valence-corrected chi connectivity index (χ4v) is 3.56. The minimum absolute atomic E-state index is 0.00858. The van der Waals surface area contributed by atoms with Gasteiger partial charge in [0.05, 0.1) is 18.1 Å². The Labute approximate surface area is 168 Å². The number of rotatable bonds is 4. The molecule has 9 heteroatoms. The van der Waals surface area contributed by atoms with Gasteiger partial charge in [0.2, 0.25) is 5.91 Å². The molecule has 6 nitrogen and oxygen atoms in total. The third-order valence-electron chi connectivity index (χ3n) is 4.90. The Morgan fingerprint density at radius 2 is 1.90 bits per heavy atom. The van der Waals surface area contributed by atoms with Crippen LogP contribution in [0.3, 0.4) is 0 Å². The summed E-state index contributed by atoms with van der Waals surface area (Å²) in [7, 11) is 0. The van der Waals surface area contributed by atoms with Gasteiger partial charge in [0, 0.05) is 25.7 Å². The molecule has 2 heterocycles. The molecule has 0 unspecified atom stereocenters. The molecule has 0 aliphatic carbocycles. The predicted molar refractivity (Wildman–Crippen MR) is 100 cm³/mol. The van der Waals surface area contributed by atoms with E-state index in [-0.39, 0.29) is 30.1 Å². The first-order valence-corrected chi connectivity index (χ1v) is 9.50. The van der Waals surface area contributed by atoms with Crippen LogP contribution in [0.1, 0.15) is 31.4 Å². The van der Waals surface area contributed by atoms with Gasteiger partial charge in [-0.05, 0) is 38.3 Å². The number of carbonyl (C=O) groups is 2. The van der Waals surface area contributed by atoms with Gasteiger partial charge >= 0.3 is 12.1 Å². The number of nitrogens with one attached hydrogen (secondary N) is 1. The van der Waals surface area contributed by atoms with Gasteiger partial charge < -0.3 is 15.2 Å². The number of amides is 1. The number of fused-ring (bicyclic) bond motifs is 2. The molecule has 29 heavy (non-hydrogen) atoms. The summed E-state index contributed by atoms with van der Waals surface area (Å²) in [5, 5.41) is 10.2. The lowest BCUT2D eigenvalue weighted by molar-refractivity contribution is -0.192. The quantitative estimate of drug-likeness (QED) is 0.789. The third kappa shape index (κ3) is 6.71. The van der Waals surface area contributed by atoms with Crippen molar-refractivity contribution < 1.29 is 32.6 Å². The van der Waals surface area contributed by atoms with Crippen LogP contribution in [-0.4, -0.2) is 59.4 Å². The molecule has 0 spiro atoms. The van der Waals surface area contributed by atoms with Crippen LogP contribution < -0.4 is 5.32 Å². The summed E-state index contributed by atoms with van der Waals surface area (Å²) in [6, 6.07) is 8.71. The van der Waals surface area contributed by atoms with Crippen molar-refractivity contribution in [3.63, 3.8) is 0 Å². The molecule has 2 saturated heterocycles. The number of hydrogen-bond acceptors (Lipinski definition) is 4. The van der Waals surface area contributed by atoms with Crippen LogP contribution in [0.4, 0.5) is 13.2 Å². The van der Waals surface area contributed by atoms with Crippen LogP contribution in [0.5, 0.6) is 0 Å². The van der Waals surface area contributed by atoms with E-state index in [1.54, 1.807) is 0 Å². The zero-order valence-electron chi connectivity index (χ0n) is 16.7. The predicted octanol–water partition coefficient (Wildman–Crippen LogP) is 2.74. The SMILES string of the molecule is Cc1ccccc1CN1C[C@H]2C[C@H](C(=O)NC(C)C)[C@@H](C1)O2.O=C(O)C(F)(F)F. The number of likely N-dealkylation sites (tertiary alicyclic amines) is 1. The molecule has 2 bridgehead atoms. The summed E-state index contributed by atoms with van der Waals surface area (Å²) in [6.45, 7) is 8.89. The second-order valence-corrected chi connectivity index (χ2v) is 7.73. The normalized spacial score (nSPS) is 24.0. The molecule has 2 aliphatic heterocycles. The zero-order chi connectivity index (χ0) is 21.8. The molecule has 2 aliphatic rings. The fourth-order valence-electron chi connectivity index (χ4n) is 3.56. The van der Waals surface area contributed by atoms with Crippen molar-refractivity contribution in [2.45, 2.75) is 58.2 Å². The molecule has 0 radical (unpaired) electrons. The van der Waals surface area contributed by atoms with E-state index < -0.39 is 12.1 Å². The monoisotopic (exact) mass is 416 g/mol. The lowest BCUT2D eigenvalue weighted by Gasteiger charge is -2.33. The standard InChI is InChI=1S/C18H26N2O2.C2HF3O2/c1-12(2)19-18(21)16-8-15-10-20(11-17(16)22-15)9-14-7-5-4-6-13(14)3;3-2(4,5)1(6)7/h4-7,12,15-17H,8-11H2,1-3H3,(H,19,21);(H,6,7)/t15-,16+,17-;/m1./s1. The van der Waals surface area contributed by atoms with E-state index in [4.69, 9.17) is 14.6 Å². The Balaban J connectivity index is 0.000000370. The van der Waals surface area contributed by atoms with Gasteiger partial charge in [-0.3, -0.25) is 9.69 Å². The summed E-state index contributed by atoms with van der Waals surface area (Å²) >= 11 is 0. The number of carbonyl (C=O) groups excluding carboxylic acids is 1. The van der Waals surface area contributed by atoms with Gasteiger partial charge in [-0.2, -0.15) is 13.2 Å². The minimum Gasteiger partial charge on any atom is -0.475 e. The maximum Gasteiger partial charge on any atom is 0.490 e. The summed E-state index contributed by atoms with van der Waals surface area (Å²) in [6.07, 6.45) is -3.99. The second kappa shape index (κ2) is 9.58. The average Bonchev–Trinajstić information content (AvgIpc) is 2.90. The number of nitrogens with zero attached hydrogens (tertiary/aromatic N) is 1. The van der Waals surface area contributed by atoms with Crippen LogP contribution in [0.25, 0.3) is 0 Å². The van der Waals surface area contributed by atoms with Crippen molar-refractivity contribution in [2.75, 3.05) is 13.1 Å². The number of morpholine rings is 1. The Morgan fingerprint density at radius 3 is 2.45 bits per heavy atom. The summed E-state index contributed by atoms with van der Waals surface area (Å²) in [4.78, 5) is 23.6. The zero-order valence-corrected chi connectivity index (χ0v) is 16.7. The third-order valence-corrected chi connectivity index (χ3v) is 4.90. The summed E-state index contributed by atoms with van der Waals surface area (Å²) < 4.78 is 37.7. The van der Waals surface area contributed by atoms with E-state index in [1.165, 1.54) is 11.1 Å². The van der Waals surface area contributed by atoms with E-state index in [0.717, 1.165) is 26.1 Å². The number of alkyl halides is 3. The van der Waals surface area contributed by atoms with Crippen LogP contribution in [-0.2, 0) is 20.9 Å². The molecule has 0 saturated carbocycles. The molecule has 1 amide bonds. The number of aliphatic carboxylic acids is 1. The second-order valence-electron chi connectivity index (χ2n) is 7.73. The first kappa shape index (κ1) is 23.2. The highest BCUT2D eigenvalue weighted by molar-refractivity contribution is 5.80. The van der Waals surface area contributed by atoms with E-state index in [2.05, 4.69) is 41.4 Å². The van der Waals surface area contributed by atoms with Gasteiger partial charge in [-0.15, -0.1) is 0 Å². The minimum atomic E-state index is -5.08. The first-order valence-electron chi connectivity index (χ1n) is 9.50. The molecular weight excluding hydrogens is 389 g/mol. The molecule has 3 atom stereocenters. The summed E-state index contributed by atoms with van der Waals surface area (Å²) in [5.41, 5.74) is 2.70. The molecule has 0 aromatic heterocycles. The van der Waals surface area contributed by atoms with E-state index >= 15 is 0 Å². The first-order chi connectivity index (χ1) is 13.5. The number of hydrogen-bond donors (Lipinski definition) is 2. The highest BCUT2D eigenvalue weighted by atomic mass is 19.4. The van der Waals surface area contributed by atoms with E-state index in [9.17, 15) is 18.0 Å². The van der Waals surface area contributed by atoms with Gasteiger partial charge in [0.15, 0.2) is 0 Å². The maximum absolute atomic E-state index is 12.3. The van der Waals surface area contributed by atoms with E-state index in [0.29, 0.717) is 0 Å². The molecule has 2 fully saturated rings. The Kier molecular flexibility index (Phi) is 7.65. The lowest BCUT2D eigenvalue weighted by Crippen LogP contribution is -2.45. The molecule has 162 valence electrons. The van der Waals surface area contributed by atoms with Crippen molar-refractivity contribution in [2.24, 2.45) is 5.92 Å². The topological polar surface area (TPSA) is 78.9 Å². The molecule has 2 N–H and O–H groups in total. The van der Waals surface area contributed by atoms with Crippen LogP contribution >= 0.6 is 0 Å². The Hall–Kier alpha value is -2.13. The molecule has 1 aromatic carbocycles. The maximum atomic E-state index is 12.3. The largest absolute Gasteiger partial charge is 0.490 e. The number of carboxylic acids is 1. The van der Waals surface area contributed by atoms with Gasteiger partial charge in [-0.25, -0.2) is 4.79 Å². The molecule has 3 rings (SSSR count). The highest BCUT2D eigenvalue weighted by Gasteiger charge is 2.44. The summed E-state index contributed by atoms with van der Waals surface area (Å²) in [5.74, 6) is -2.60. The van der Waals surface area contributed by atoms with Gasteiger partial charge in [0.25, 0.3) is 0 Å². The Bertz CT molecular complexity index is 724. The van der Waals surface area contributed by atoms with Crippen molar-refractivity contribution in [1.29, 1.82) is 0 Å². The van der Waals surface area contributed by atoms with Crippen LogP contribution in [0.15, 0.2) is 24.3 Å². The average molecular weight is 416 g/mol. The highest BCUT2D eigenvalue weighted by Crippen LogP contribution is 2.33. The lowest BCUT2D eigenvalue weighted by atomic mass is 9.99. The van der Waals surface area contributed by atoms with Crippen LogP contribution in [0, 0.1) is 12.8 Å². The number of benzene rings is 1. The van der Waals surface area contributed by atoms with Crippen molar-refractivity contribution in [3.8, 4) is 0 Å². The van der Waals surface area contributed by atoms with Gasteiger partial charge in [-0.1, -0.05) is 24.3 Å². The van der Waals surface area contributed by atoms with Crippen molar-refractivity contribution in [1.82, 2.24) is 10.2 Å². The number of ether oxygens (including phenoxy) is 1. The molecular formula is C20H27F3N2O4. The smallest absolute Gasteiger partial charge is 0.475 e. The fraction of sp³-hybridized carbons (Fsp3) is 0.600. The Morgan fingerprint density at radius 1 is 1.28 bits per heavy atom. The van der Waals surface area contributed by atoms with Gasteiger partial charge in [0.1, 0.15) is 0 Å². The van der Waals surface area contributed by atoms with Crippen molar-refractivity contribution in [3.05, 3.63) is 35.4 Å².